The van der Waals surface area contributed by atoms with Crippen LogP contribution in [0, 0.1) is 11.3 Å². The van der Waals surface area contributed by atoms with Crippen molar-refractivity contribution in [2.75, 3.05) is 13.6 Å². The molecular weight excluding hydrogens is 442 g/mol. The van der Waals surface area contributed by atoms with Gasteiger partial charge in [-0.25, -0.2) is 4.79 Å². The number of hydrogen-bond acceptors (Lipinski definition) is 4. The molecule has 7 nitrogen and oxygen atoms in total. The lowest BCUT2D eigenvalue weighted by atomic mass is 9.76. The first-order chi connectivity index (χ1) is 16.0. The minimum absolute atomic E-state index is 0.0129. The van der Waals surface area contributed by atoms with Gasteiger partial charge in [-0.2, -0.15) is 0 Å². The zero-order valence-electron chi connectivity index (χ0n) is 23.1. The van der Waals surface area contributed by atoms with Crippen LogP contribution >= 0.6 is 0 Å². The first-order valence-electron chi connectivity index (χ1n) is 12.3. The van der Waals surface area contributed by atoms with Crippen molar-refractivity contribution in [3.63, 3.8) is 0 Å². The summed E-state index contributed by atoms with van der Waals surface area (Å²) in [7, 11) is 1.67. The number of carboxylic acids is 1. The second-order valence-corrected chi connectivity index (χ2v) is 11.2. The van der Waals surface area contributed by atoms with Crippen LogP contribution in [0.2, 0.25) is 0 Å². The Bertz CT molecular complexity index is 901. The lowest BCUT2D eigenvalue weighted by Gasteiger charge is -2.40. The maximum absolute atomic E-state index is 13.7. The van der Waals surface area contributed by atoms with Crippen LogP contribution in [0.3, 0.4) is 0 Å². The summed E-state index contributed by atoms with van der Waals surface area (Å²) in [6, 6.07) is 8.06. The number of amides is 2. The van der Waals surface area contributed by atoms with Gasteiger partial charge in [0.2, 0.25) is 11.8 Å². The van der Waals surface area contributed by atoms with E-state index in [1.807, 2.05) is 85.7 Å². The zero-order valence-corrected chi connectivity index (χ0v) is 23.1. The molecule has 7 heteroatoms. The van der Waals surface area contributed by atoms with E-state index >= 15 is 0 Å². The molecular formula is C28H45N3O4. The molecule has 3 atom stereocenters. The number of benzene rings is 1. The fraction of sp³-hybridized carbons (Fsp3) is 0.607. The Morgan fingerprint density at radius 3 is 2.00 bits per heavy atom. The van der Waals surface area contributed by atoms with Crippen molar-refractivity contribution in [1.29, 1.82) is 0 Å². The van der Waals surface area contributed by atoms with E-state index in [1.165, 1.54) is 6.92 Å². The molecule has 0 heterocycles. The number of rotatable bonds is 11. The van der Waals surface area contributed by atoms with Crippen LogP contribution in [0.5, 0.6) is 0 Å². The predicted molar refractivity (Wildman–Crippen MR) is 141 cm³/mol. The second kappa shape index (κ2) is 12.3. The van der Waals surface area contributed by atoms with Crippen LogP contribution in [0.1, 0.15) is 67.9 Å². The number of aliphatic carboxylic acids is 1. The average molecular weight is 488 g/mol. The van der Waals surface area contributed by atoms with Gasteiger partial charge < -0.3 is 20.6 Å². The van der Waals surface area contributed by atoms with Crippen molar-refractivity contribution in [2.45, 2.75) is 85.9 Å². The fourth-order valence-corrected chi connectivity index (χ4v) is 4.22. The smallest absolute Gasteiger partial charge is 0.331 e. The number of carbonyl (C=O) groups is 3. The third-order valence-corrected chi connectivity index (χ3v) is 6.55. The van der Waals surface area contributed by atoms with Gasteiger partial charge in [0.05, 0.1) is 12.1 Å². The van der Waals surface area contributed by atoms with E-state index < -0.39 is 34.9 Å². The van der Waals surface area contributed by atoms with Crippen LogP contribution in [0.4, 0.5) is 0 Å². The maximum atomic E-state index is 13.7. The van der Waals surface area contributed by atoms with Gasteiger partial charge in [0.25, 0.3) is 0 Å². The van der Waals surface area contributed by atoms with E-state index in [-0.39, 0.29) is 23.3 Å². The Hall–Kier alpha value is -2.67. The Morgan fingerprint density at radius 1 is 1.03 bits per heavy atom. The summed E-state index contributed by atoms with van der Waals surface area (Å²) in [6.45, 7) is 17.7. The Kier molecular flexibility index (Phi) is 10.7. The molecule has 3 N–H and O–H groups in total. The largest absolute Gasteiger partial charge is 0.478 e. The van der Waals surface area contributed by atoms with Gasteiger partial charge in [0.15, 0.2) is 0 Å². The van der Waals surface area contributed by atoms with Crippen LogP contribution < -0.4 is 10.6 Å². The highest BCUT2D eigenvalue weighted by Crippen LogP contribution is 2.29. The quantitative estimate of drug-likeness (QED) is 0.410. The molecule has 0 spiro atoms. The zero-order chi connectivity index (χ0) is 27.1. The molecule has 0 bridgehead atoms. The third kappa shape index (κ3) is 7.92. The van der Waals surface area contributed by atoms with E-state index in [0.717, 1.165) is 5.56 Å². The van der Waals surface area contributed by atoms with E-state index in [1.54, 1.807) is 18.0 Å². The minimum atomic E-state index is -1.02. The highest BCUT2D eigenvalue weighted by Gasteiger charge is 2.41. The highest BCUT2D eigenvalue weighted by atomic mass is 16.4. The molecule has 0 aromatic heterocycles. The summed E-state index contributed by atoms with van der Waals surface area (Å²) in [5.74, 6) is -1.54. The normalized spacial score (nSPS) is 15.3. The molecule has 0 aliphatic heterocycles. The molecule has 0 aliphatic rings. The Labute approximate surface area is 211 Å². The lowest BCUT2D eigenvalue weighted by Crippen LogP contribution is -2.62. The summed E-state index contributed by atoms with van der Waals surface area (Å²) in [5, 5.41) is 15.7. The fourth-order valence-electron chi connectivity index (χ4n) is 4.22. The van der Waals surface area contributed by atoms with Crippen molar-refractivity contribution in [2.24, 2.45) is 11.3 Å². The van der Waals surface area contributed by atoms with E-state index in [9.17, 15) is 19.5 Å². The molecule has 2 amide bonds. The summed E-state index contributed by atoms with van der Waals surface area (Å²) < 4.78 is 0. The summed E-state index contributed by atoms with van der Waals surface area (Å²) >= 11 is 0. The minimum Gasteiger partial charge on any atom is -0.478 e. The number of nitrogens with one attached hydrogen (secondary N) is 2. The number of carboxylic acid groups (broad SMARTS) is 1. The molecule has 0 saturated carbocycles. The van der Waals surface area contributed by atoms with Crippen LogP contribution in [-0.4, -0.2) is 59.5 Å². The average Bonchev–Trinajstić information content (AvgIpc) is 2.77. The molecule has 196 valence electrons. The third-order valence-electron chi connectivity index (χ3n) is 6.55. The van der Waals surface area contributed by atoms with E-state index in [4.69, 9.17) is 0 Å². The SMILES string of the molecule is CCNC(C(=O)N[C@H](C(=O)N(C)[C@H](/C=C(\C)C(=O)O)C(C)C)C(C)(C)C)C(C)(C)c1ccccc1. The molecule has 35 heavy (non-hydrogen) atoms. The molecule has 0 fully saturated rings. The molecule has 1 aromatic carbocycles. The van der Waals surface area contributed by atoms with Gasteiger partial charge in [-0.1, -0.05) is 91.8 Å². The number of carbonyl (C=O) groups excluding carboxylic acids is 2. The van der Waals surface area contributed by atoms with E-state index in [2.05, 4.69) is 10.6 Å². The predicted octanol–water partition coefficient (Wildman–Crippen LogP) is 3.99. The van der Waals surface area contributed by atoms with Crippen molar-refractivity contribution in [3.8, 4) is 0 Å². The molecule has 1 aromatic rings. The molecule has 1 unspecified atom stereocenters. The van der Waals surface area contributed by atoms with Crippen LogP contribution in [-0.2, 0) is 19.8 Å². The number of hydrogen-bond donors (Lipinski definition) is 3. The molecule has 0 aliphatic carbocycles. The summed E-state index contributed by atoms with van der Waals surface area (Å²) in [4.78, 5) is 40.4. The Balaban J connectivity index is 3.33. The molecule has 0 radical (unpaired) electrons. The van der Waals surface area contributed by atoms with Crippen molar-refractivity contribution >= 4 is 17.8 Å². The van der Waals surface area contributed by atoms with Gasteiger partial charge in [0.1, 0.15) is 6.04 Å². The van der Waals surface area contributed by atoms with Crippen LogP contribution in [0.15, 0.2) is 42.0 Å². The standard InChI is InChI=1S/C28H45N3O4/c1-11-29-22(28(8,9)20-15-13-12-14-16-20)24(32)30-23(27(5,6)7)25(33)31(10)21(18(2)3)17-19(4)26(34)35/h12-18,21-23,29H,11H2,1-10H3,(H,30,32)(H,34,35)/b19-17+/t21-,22?,23-/m1/s1. The lowest BCUT2D eigenvalue weighted by molar-refractivity contribution is -0.141. The van der Waals surface area contributed by atoms with Gasteiger partial charge in [0, 0.05) is 18.0 Å². The van der Waals surface area contributed by atoms with Crippen LogP contribution in [0.25, 0.3) is 0 Å². The first-order valence-corrected chi connectivity index (χ1v) is 12.3. The van der Waals surface area contributed by atoms with E-state index in [0.29, 0.717) is 6.54 Å². The molecule has 1 rings (SSSR count). The number of nitrogens with zero attached hydrogens (tertiary/aromatic N) is 1. The summed E-state index contributed by atoms with van der Waals surface area (Å²) in [5.41, 5.74) is 0.102. The first kappa shape index (κ1) is 30.4. The topological polar surface area (TPSA) is 98.7 Å². The van der Waals surface area contributed by atoms with Gasteiger partial charge in [-0.05, 0) is 30.4 Å². The number of likely N-dealkylation sites (N-methyl/N-ethyl adjacent to an activating group) is 2. The second-order valence-electron chi connectivity index (χ2n) is 11.2. The maximum Gasteiger partial charge on any atom is 0.331 e. The molecule has 0 saturated heterocycles. The Morgan fingerprint density at radius 2 is 1.57 bits per heavy atom. The van der Waals surface area contributed by atoms with Crippen molar-refractivity contribution in [3.05, 3.63) is 47.5 Å². The van der Waals surface area contributed by atoms with Gasteiger partial charge in [-0.3, -0.25) is 9.59 Å². The van der Waals surface area contributed by atoms with Crippen molar-refractivity contribution in [1.82, 2.24) is 15.5 Å². The van der Waals surface area contributed by atoms with Gasteiger partial charge in [-0.15, -0.1) is 0 Å². The summed E-state index contributed by atoms with van der Waals surface area (Å²) in [6.07, 6.45) is 1.60. The highest BCUT2D eigenvalue weighted by molar-refractivity contribution is 5.91. The van der Waals surface area contributed by atoms with Gasteiger partial charge >= 0.3 is 5.97 Å². The monoisotopic (exact) mass is 487 g/mol. The van der Waals surface area contributed by atoms with Crippen molar-refractivity contribution < 1.29 is 19.5 Å².